The molecule has 0 aromatic rings. The highest BCUT2D eigenvalue weighted by molar-refractivity contribution is 6.42. The predicted octanol–water partition coefficient (Wildman–Crippen LogP) is 1.81. The molecule has 0 unspecified atom stereocenters. The van der Waals surface area contributed by atoms with Gasteiger partial charge in [-0.15, -0.1) is 6.58 Å². The number of likely N-dealkylation sites (tertiary alicyclic amines) is 1. The second-order valence-electron chi connectivity index (χ2n) is 13.4. The molecule has 5 amide bonds. The number of piperidine rings is 1. The summed E-state index contributed by atoms with van der Waals surface area (Å²) < 4.78 is 5.21. The van der Waals surface area contributed by atoms with Crippen LogP contribution in [0.15, 0.2) is 24.4 Å². The molecular weight excluding hydrogens is 542 g/mol. The van der Waals surface area contributed by atoms with Gasteiger partial charge in [-0.3, -0.25) is 24.0 Å². The summed E-state index contributed by atoms with van der Waals surface area (Å²) >= 11 is 0. The highest BCUT2D eigenvalue weighted by Crippen LogP contribution is 2.65. The van der Waals surface area contributed by atoms with E-state index in [1.807, 2.05) is 13.8 Å². The molecular formula is C30H47N5O7. The van der Waals surface area contributed by atoms with E-state index in [-0.39, 0.29) is 36.0 Å². The van der Waals surface area contributed by atoms with E-state index in [9.17, 15) is 28.8 Å². The Morgan fingerprint density at radius 2 is 1.67 bits per heavy atom. The molecule has 4 N–H and O–H groups in total. The summed E-state index contributed by atoms with van der Waals surface area (Å²) in [4.78, 5) is 79.0. The smallest absolute Gasteiger partial charge is 0.325 e. The lowest BCUT2D eigenvalue weighted by Crippen LogP contribution is -2.60. The molecule has 0 radical (unpaired) electrons. The zero-order chi connectivity index (χ0) is 32.2. The number of allylic oxidation sites excluding steroid dienone is 1. The number of amides is 5. The van der Waals surface area contributed by atoms with Gasteiger partial charge in [0.15, 0.2) is 0 Å². The van der Waals surface area contributed by atoms with E-state index >= 15 is 0 Å². The first-order valence-corrected chi connectivity index (χ1v) is 14.3. The van der Waals surface area contributed by atoms with Gasteiger partial charge in [0.25, 0.3) is 11.7 Å². The number of fused-ring (bicyclic) bond motifs is 1. The summed E-state index contributed by atoms with van der Waals surface area (Å²) in [7, 11) is 0. The molecule has 1 saturated heterocycles. The largest absolute Gasteiger partial charge is 0.459 e. The van der Waals surface area contributed by atoms with Crippen molar-refractivity contribution in [1.29, 1.82) is 0 Å². The maximum absolute atomic E-state index is 14.0. The minimum atomic E-state index is -1.04. The van der Waals surface area contributed by atoms with Crippen molar-refractivity contribution in [3.63, 3.8) is 0 Å². The molecule has 12 heteroatoms. The minimum absolute atomic E-state index is 0.0454. The average molecular weight is 590 g/mol. The average Bonchev–Trinajstić information content (AvgIpc) is 3.19. The van der Waals surface area contributed by atoms with Crippen LogP contribution < -0.4 is 21.3 Å². The Labute approximate surface area is 248 Å². The van der Waals surface area contributed by atoms with Gasteiger partial charge >= 0.3 is 12.0 Å². The molecule has 1 aliphatic carbocycles. The summed E-state index contributed by atoms with van der Waals surface area (Å²) in [6, 6.07) is -2.69. The van der Waals surface area contributed by atoms with Gasteiger partial charge in [-0.05, 0) is 49.9 Å². The molecule has 1 saturated carbocycles. The molecule has 234 valence electrons. The summed E-state index contributed by atoms with van der Waals surface area (Å²) in [5.41, 5.74) is -1.85. The molecule has 42 heavy (non-hydrogen) atoms. The monoisotopic (exact) mass is 589 g/mol. The Hall–Kier alpha value is -3.70. The van der Waals surface area contributed by atoms with Gasteiger partial charge in [-0.1, -0.05) is 53.7 Å². The molecule has 12 nitrogen and oxygen atoms in total. The summed E-state index contributed by atoms with van der Waals surface area (Å²) in [6.07, 6.45) is 3.27. The van der Waals surface area contributed by atoms with E-state index in [0.717, 1.165) is 0 Å². The van der Waals surface area contributed by atoms with Crippen molar-refractivity contribution >= 4 is 35.5 Å². The normalized spacial score (nSPS) is 21.8. The fourth-order valence-corrected chi connectivity index (χ4v) is 5.32. The fraction of sp³-hybridized carbons (Fsp3) is 0.667. The van der Waals surface area contributed by atoms with Gasteiger partial charge in [0.2, 0.25) is 11.8 Å². The number of Topliss-reactive ketones (excluding diaryl/α,β-unsaturated/α-hetero) is 1. The van der Waals surface area contributed by atoms with Crippen LogP contribution in [0.4, 0.5) is 4.79 Å². The lowest BCUT2D eigenvalue weighted by atomic mass is 9.85. The van der Waals surface area contributed by atoms with Gasteiger partial charge in [-0.2, -0.15) is 0 Å². The Kier molecular flexibility index (Phi) is 10.7. The highest BCUT2D eigenvalue weighted by Gasteiger charge is 2.69. The Bertz CT molecular complexity index is 1150. The SMILES string of the molecule is C=CCNC(=O)C(=O)/C(=C\CC)NC(=O)[C@@H]1[C@@H]2[C@H](CN1C(=O)[C@@H](NC(=O)NCC(=O)OC(C)(C)C)C(C)(C)C)C2(C)C. The number of carbonyl (C=O) groups is 6. The van der Waals surface area contributed by atoms with Crippen molar-refractivity contribution in [3.05, 3.63) is 24.4 Å². The highest BCUT2D eigenvalue weighted by atomic mass is 16.6. The third-order valence-corrected chi connectivity index (χ3v) is 7.49. The van der Waals surface area contributed by atoms with Crippen LogP contribution in [0.3, 0.4) is 0 Å². The van der Waals surface area contributed by atoms with Crippen molar-refractivity contribution in [2.45, 2.75) is 86.4 Å². The zero-order valence-corrected chi connectivity index (χ0v) is 26.3. The molecule has 0 spiro atoms. The molecule has 0 bridgehead atoms. The number of hydrogen-bond donors (Lipinski definition) is 4. The standard InChI is InChI=1S/C30H47N5O7/c1-11-13-18(22(37)25(39)31-14-12-2)33-24(38)21-20-17(30(20,9)10)16-35(21)26(40)23(28(3,4)5)34-27(41)32-15-19(36)42-29(6,7)8/h12-13,17,20-21,23H,2,11,14-16H2,1,3-10H3,(H,31,39)(H,33,38)(H2,32,34,41)/b18-13+/t17-,20-,21-,23+/m0/s1. The van der Waals surface area contributed by atoms with Gasteiger partial charge in [0.05, 0.1) is 5.70 Å². The maximum Gasteiger partial charge on any atom is 0.325 e. The Morgan fingerprint density at radius 3 is 2.19 bits per heavy atom. The number of carbonyl (C=O) groups excluding carboxylic acids is 6. The van der Waals surface area contributed by atoms with Gasteiger partial charge in [-0.25, -0.2) is 4.79 Å². The van der Waals surface area contributed by atoms with E-state index in [2.05, 4.69) is 27.8 Å². The lowest BCUT2D eigenvalue weighted by Gasteiger charge is -2.37. The number of ether oxygens (including phenoxy) is 1. The topological polar surface area (TPSA) is 163 Å². The molecule has 1 heterocycles. The number of urea groups is 1. The molecule has 2 aliphatic rings. The van der Waals surface area contributed by atoms with Crippen LogP contribution in [0.5, 0.6) is 0 Å². The molecule has 0 aromatic carbocycles. The number of esters is 1. The zero-order valence-electron chi connectivity index (χ0n) is 26.3. The minimum Gasteiger partial charge on any atom is -0.459 e. The quantitative estimate of drug-likeness (QED) is 0.124. The van der Waals surface area contributed by atoms with Crippen LogP contribution in [0.1, 0.15) is 68.7 Å². The molecule has 1 aliphatic heterocycles. The Balaban J connectivity index is 2.25. The van der Waals surface area contributed by atoms with E-state index in [1.165, 1.54) is 17.1 Å². The van der Waals surface area contributed by atoms with Gasteiger partial charge in [0, 0.05) is 13.1 Å². The van der Waals surface area contributed by atoms with Crippen LogP contribution in [-0.2, 0) is 28.7 Å². The first kappa shape index (κ1) is 34.5. The first-order valence-electron chi connectivity index (χ1n) is 14.3. The second-order valence-corrected chi connectivity index (χ2v) is 13.4. The van der Waals surface area contributed by atoms with Crippen molar-refractivity contribution in [2.75, 3.05) is 19.6 Å². The van der Waals surface area contributed by atoms with E-state index in [1.54, 1.807) is 48.5 Å². The van der Waals surface area contributed by atoms with Crippen molar-refractivity contribution in [2.24, 2.45) is 22.7 Å². The summed E-state index contributed by atoms with van der Waals surface area (Å²) in [5.74, 6) is -3.57. The second kappa shape index (κ2) is 13.1. The third kappa shape index (κ3) is 8.42. The van der Waals surface area contributed by atoms with E-state index in [4.69, 9.17) is 4.74 Å². The number of rotatable bonds is 11. The van der Waals surface area contributed by atoms with Gasteiger partial charge in [0.1, 0.15) is 24.2 Å². The lowest BCUT2D eigenvalue weighted by molar-refractivity contribution is -0.153. The number of nitrogens with one attached hydrogen (secondary N) is 4. The van der Waals surface area contributed by atoms with Gasteiger partial charge < -0.3 is 30.9 Å². The fourth-order valence-electron chi connectivity index (χ4n) is 5.32. The molecule has 2 fully saturated rings. The van der Waals surface area contributed by atoms with E-state index in [0.29, 0.717) is 13.0 Å². The van der Waals surface area contributed by atoms with Crippen LogP contribution in [-0.4, -0.2) is 77.7 Å². The first-order chi connectivity index (χ1) is 19.3. The van der Waals surface area contributed by atoms with Crippen LogP contribution in [0.2, 0.25) is 0 Å². The maximum atomic E-state index is 14.0. The summed E-state index contributed by atoms with van der Waals surface area (Å²) in [5, 5.41) is 10.1. The predicted molar refractivity (Wildman–Crippen MR) is 157 cm³/mol. The third-order valence-electron chi connectivity index (χ3n) is 7.49. The molecule has 2 rings (SSSR count). The number of nitrogens with zero attached hydrogens (tertiary/aromatic N) is 1. The van der Waals surface area contributed by atoms with Crippen LogP contribution in [0, 0.1) is 22.7 Å². The summed E-state index contributed by atoms with van der Waals surface area (Å²) in [6.45, 7) is 19.8. The molecule has 0 aromatic heterocycles. The number of ketones is 1. The van der Waals surface area contributed by atoms with E-state index < -0.39 is 58.6 Å². The number of hydrogen-bond acceptors (Lipinski definition) is 7. The molecule has 4 atom stereocenters. The van der Waals surface area contributed by atoms with Crippen molar-refractivity contribution < 1.29 is 33.5 Å². The Morgan fingerprint density at radius 1 is 1.05 bits per heavy atom. The van der Waals surface area contributed by atoms with Crippen LogP contribution in [0.25, 0.3) is 0 Å². The van der Waals surface area contributed by atoms with Crippen molar-refractivity contribution in [3.8, 4) is 0 Å². The van der Waals surface area contributed by atoms with Crippen molar-refractivity contribution in [1.82, 2.24) is 26.2 Å². The van der Waals surface area contributed by atoms with Crippen LogP contribution >= 0.6 is 0 Å².